The van der Waals surface area contributed by atoms with Gasteiger partial charge in [-0.2, -0.15) is 0 Å². The van der Waals surface area contributed by atoms with Crippen LogP contribution < -0.4 is 10.9 Å². The molecule has 3 amide bonds. The number of amides is 3. The van der Waals surface area contributed by atoms with Gasteiger partial charge in [-0.05, 0) is 23.8 Å². The maximum absolute atomic E-state index is 12.5. The molecule has 1 aliphatic heterocycles. The van der Waals surface area contributed by atoms with Crippen LogP contribution in [0.25, 0.3) is 6.08 Å². The van der Waals surface area contributed by atoms with Crippen molar-refractivity contribution in [3.05, 3.63) is 83.0 Å². The van der Waals surface area contributed by atoms with Crippen LogP contribution in [0.5, 0.6) is 0 Å². The van der Waals surface area contributed by atoms with Crippen LogP contribution in [0, 0.1) is 0 Å². The van der Waals surface area contributed by atoms with E-state index in [1.165, 1.54) is 17.3 Å². The second-order valence-electron chi connectivity index (χ2n) is 5.80. The van der Waals surface area contributed by atoms with Gasteiger partial charge in [-0.15, -0.1) is 0 Å². The van der Waals surface area contributed by atoms with Crippen molar-refractivity contribution < 1.29 is 14.4 Å². The summed E-state index contributed by atoms with van der Waals surface area (Å²) >= 11 is 6.32. The molecule has 0 atom stereocenters. The molecule has 2 aromatic rings. The number of hydrogen-bond donors (Lipinski definition) is 2. The number of benzene rings is 1. The van der Waals surface area contributed by atoms with Gasteiger partial charge in [0, 0.05) is 12.4 Å². The minimum atomic E-state index is -0.570. The van der Waals surface area contributed by atoms with Crippen LogP contribution in [-0.4, -0.2) is 38.5 Å². The second-order valence-corrected chi connectivity index (χ2v) is 7.48. The SMILES string of the molecule is O=C(CN1C(=O)C(=CC=Cc2ccccc2)SC1=S)NNC(=O)c1cccnc1. The van der Waals surface area contributed by atoms with Gasteiger partial charge in [0.05, 0.1) is 10.5 Å². The zero-order valence-corrected chi connectivity index (χ0v) is 16.7. The lowest BCUT2D eigenvalue weighted by molar-refractivity contribution is -0.129. The van der Waals surface area contributed by atoms with Gasteiger partial charge < -0.3 is 0 Å². The topological polar surface area (TPSA) is 91.4 Å². The lowest BCUT2D eigenvalue weighted by Gasteiger charge is -2.14. The number of hydrogen-bond acceptors (Lipinski definition) is 6. The number of thiocarbonyl (C=S) groups is 1. The first kappa shape index (κ1) is 20.4. The molecule has 146 valence electrons. The van der Waals surface area contributed by atoms with E-state index in [4.69, 9.17) is 12.2 Å². The van der Waals surface area contributed by atoms with Gasteiger partial charge in [0.1, 0.15) is 10.9 Å². The van der Waals surface area contributed by atoms with Gasteiger partial charge in [-0.25, -0.2) is 0 Å². The molecule has 0 saturated carbocycles. The van der Waals surface area contributed by atoms with Crippen molar-refractivity contribution in [2.75, 3.05) is 6.54 Å². The van der Waals surface area contributed by atoms with Crippen molar-refractivity contribution in [1.82, 2.24) is 20.7 Å². The van der Waals surface area contributed by atoms with Crippen LogP contribution in [-0.2, 0) is 9.59 Å². The zero-order chi connectivity index (χ0) is 20.6. The van der Waals surface area contributed by atoms with Gasteiger partial charge in [-0.1, -0.05) is 66.5 Å². The first-order valence-corrected chi connectivity index (χ1v) is 9.73. The average Bonchev–Trinajstić information content (AvgIpc) is 3.01. The van der Waals surface area contributed by atoms with Crippen molar-refractivity contribution in [2.45, 2.75) is 0 Å². The molecule has 0 spiro atoms. The fraction of sp³-hybridized carbons (Fsp3) is 0.0500. The lowest BCUT2D eigenvalue weighted by Crippen LogP contribution is -2.47. The number of thioether (sulfide) groups is 1. The molecule has 1 saturated heterocycles. The summed E-state index contributed by atoms with van der Waals surface area (Å²) in [6, 6.07) is 12.8. The Balaban J connectivity index is 1.54. The van der Waals surface area contributed by atoms with Crippen LogP contribution in [0.2, 0.25) is 0 Å². The predicted molar refractivity (Wildman–Crippen MR) is 115 cm³/mol. The number of nitrogens with one attached hydrogen (secondary N) is 2. The molecule has 29 heavy (non-hydrogen) atoms. The van der Waals surface area contributed by atoms with Crippen LogP contribution in [0.1, 0.15) is 15.9 Å². The third kappa shape index (κ3) is 5.59. The average molecular weight is 425 g/mol. The molecular formula is C20H16N4O3S2. The summed E-state index contributed by atoms with van der Waals surface area (Å²) < 4.78 is 0.281. The van der Waals surface area contributed by atoms with E-state index in [-0.39, 0.29) is 16.8 Å². The van der Waals surface area contributed by atoms with Crippen LogP contribution in [0.15, 0.2) is 71.9 Å². The molecule has 3 rings (SSSR count). The minimum Gasteiger partial charge on any atom is -0.283 e. The van der Waals surface area contributed by atoms with Gasteiger partial charge >= 0.3 is 0 Å². The van der Waals surface area contributed by atoms with Crippen LogP contribution in [0.3, 0.4) is 0 Å². The van der Waals surface area contributed by atoms with E-state index < -0.39 is 11.8 Å². The Bertz CT molecular complexity index is 991. The number of pyridine rings is 1. The molecule has 2 N–H and O–H groups in total. The molecular weight excluding hydrogens is 408 g/mol. The number of allylic oxidation sites excluding steroid dienone is 2. The predicted octanol–water partition coefficient (Wildman–Crippen LogP) is 2.30. The first-order chi connectivity index (χ1) is 14.0. The van der Waals surface area contributed by atoms with Crippen molar-refractivity contribution in [3.63, 3.8) is 0 Å². The van der Waals surface area contributed by atoms with Crippen LogP contribution >= 0.6 is 24.0 Å². The fourth-order valence-electron chi connectivity index (χ4n) is 2.34. The lowest BCUT2D eigenvalue weighted by atomic mass is 10.2. The highest BCUT2D eigenvalue weighted by atomic mass is 32.2. The maximum atomic E-state index is 12.5. The molecule has 1 aliphatic rings. The summed E-state index contributed by atoms with van der Waals surface area (Å²) in [6.07, 6.45) is 8.20. The Morgan fingerprint density at radius 1 is 1.14 bits per heavy atom. The maximum Gasteiger partial charge on any atom is 0.271 e. The Hall–Kier alpha value is -3.30. The molecule has 0 bridgehead atoms. The van der Waals surface area contributed by atoms with E-state index in [2.05, 4.69) is 15.8 Å². The van der Waals surface area contributed by atoms with E-state index in [0.717, 1.165) is 17.3 Å². The fourth-order valence-corrected chi connectivity index (χ4v) is 3.55. The molecule has 1 fully saturated rings. The summed E-state index contributed by atoms with van der Waals surface area (Å²) in [4.78, 5) is 41.9. The van der Waals surface area contributed by atoms with Crippen molar-refractivity contribution >= 4 is 52.1 Å². The molecule has 7 nitrogen and oxygen atoms in total. The quantitative estimate of drug-likeness (QED) is 0.435. The van der Waals surface area contributed by atoms with Gasteiger partial charge in [0.15, 0.2) is 0 Å². The van der Waals surface area contributed by atoms with Gasteiger partial charge in [-0.3, -0.25) is 35.1 Å². The summed E-state index contributed by atoms with van der Waals surface area (Å²) in [5.41, 5.74) is 5.84. The molecule has 9 heteroatoms. The van der Waals surface area contributed by atoms with Gasteiger partial charge in [0.2, 0.25) is 0 Å². The Morgan fingerprint density at radius 3 is 2.66 bits per heavy atom. The summed E-state index contributed by atoms with van der Waals surface area (Å²) in [5, 5.41) is 0. The summed E-state index contributed by atoms with van der Waals surface area (Å²) in [6.45, 7) is -0.294. The highest BCUT2D eigenvalue weighted by Gasteiger charge is 2.33. The third-order valence-electron chi connectivity index (χ3n) is 3.75. The highest BCUT2D eigenvalue weighted by Crippen LogP contribution is 2.30. The highest BCUT2D eigenvalue weighted by molar-refractivity contribution is 8.26. The van der Waals surface area contributed by atoms with Crippen LogP contribution in [0.4, 0.5) is 0 Å². The monoisotopic (exact) mass is 424 g/mol. The van der Waals surface area contributed by atoms with E-state index in [1.807, 2.05) is 36.4 Å². The van der Waals surface area contributed by atoms with Crippen molar-refractivity contribution in [2.24, 2.45) is 0 Å². The number of rotatable bonds is 5. The molecule has 1 aromatic heterocycles. The van der Waals surface area contributed by atoms with Gasteiger partial charge in [0.25, 0.3) is 17.7 Å². The van der Waals surface area contributed by atoms with E-state index in [9.17, 15) is 14.4 Å². The van der Waals surface area contributed by atoms with E-state index in [1.54, 1.807) is 24.3 Å². The summed E-state index contributed by atoms with van der Waals surface area (Å²) in [5.74, 6) is -1.44. The molecule has 2 heterocycles. The number of carbonyl (C=O) groups is 3. The Kier molecular flexibility index (Phi) is 6.88. The molecule has 0 radical (unpaired) electrons. The number of nitrogens with zero attached hydrogens (tertiary/aromatic N) is 2. The largest absolute Gasteiger partial charge is 0.283 e. The molecule has 1 aromatic carbocycles. The number of carbonyl (C=O) groups excluding carboxylic acids is 3. The molecule has 0 aliphatic carbocycles. The van der Waals surface area contributed by atoms with Crippen molar-refractivity contribution in [3.8, 4) is 0 Å². The van der Waals surface area contributed by atoms with E-state index in [0.29, 0.717) is 10.5 Å². The Labute approximate surface area is 176 Å². The zero-order valence-electron chi connectivity index (χ0n) is 15.1. The smallest absolute Gasteiger partial charge is 0.271 e. The van der Waals surface area contributed by atoms with E-state index >= 15 is 0 Å². The summed E-state index contributed by atoms with van der Waals surface area (Å²) in [7, 11) is 0. The number of aromatic nitrogens is 1. The second kappa shape index (κ2) is 9.76. The standard InChI is InChI=1S/C20H16N4O3S2/c25-17(22-23-18(26)15-9-5-11-21-12-15)13-24-19(27)16(29-20(24)28)10-4-8-14-6-2-1-3-7-14/h1-12H,13H2,(H,22,25)(H,23,26). The number of hydrazine groups is 1. The third-order valence-corrected chi connectivity index (χ3v) is 5.15. The van der Waals surface area contributed by atoms with Crippen molar-refractivity contribution in [1.29, 1.82) is 0 Å². The first-order valence-electron chi connectivity index (χ1n) is 8.51. The normalized spacial score (nSPS) is 15.2. The molecule has 0 unspecified atom stereocenters. The Morgan fingerprint density at radius 2 is 1.93 bits per heavy atom. The minimum absolute atomic E-state index is 0.281.